The van der Waals surface area contributed by atoms with Crippen LogP contribution in [0, 0.1) is 20.8 Å². The van der Waals surface area contributed by atoms with Crippen LogP contribution in [0.15, 0.2) is 17.6 Å². The number of aryl methyl sites for hydroxylation is 2. The van der Waals surface area contributed by atoms with Gasteiger partial charge in [-0.05, 0) is 44.9 Å². The van der Waals surface area contributed by atoms with E-state index < -0.39 is 0 Å². The third-order valence-electron chi connectivity index (χ3n) is 3.87. The molecule has 114 valence electrons. The van der Waals surface area contributed by atoms with E-state index in [1.54, 1.807) is 18.4 Å². The molecule has 0 amide bonds. The molecule has 2 aromatic rings. The normalized spacial score (nSPS) is 12.4. The van der Waals surface area contributed by atoms with Gasteiger partial charge >= 0.3 is 0 Å². The van der Waals surface area contributed by atoms with Crippen LogP contribution in [0.25, 0.3) is 0 Å². The topological polar surface area (TPSA) is 34.1 Å². The number of nitrogens with one attached hydrogen (secondary N) is 1. The predicted octanol–water partition coefficient (Wildman–Crippen LogP) is 4.17. The molecule has 1 unspecified atom stereocenters. The summed E-state index contributed by atoms with van der Waals surface area (Å²) in [6.45, 7) is 9.46. The van der Waals surface area contributed by atoms with Crippen LogP contribution in [0.3, 0.4) is 0 Å². The van der Waals surface area contributed by atoms with Gasteiger partial charge in [-0.3, -0.25) is 0 Å². The first-order chi connectivity index (χ1) is 10.1. The third-order valence-corrected chi connectivity index (χ3v) is 4.86. The zero-order chi connectivity index (χ0) is 15.4. The first kappa shape index (κ1) is 16.0. The molecular formula is C17H24N2OS. The first-order valence-electron chi connectivity index (χ1n) is 7.37. The molecule has 0 aliphatic carbocycles. The van der Waals surface area contributed by atoms with Crippen LogP contribution in [0.5, 0.6) is 5.75 Å². The van der Waals surface area contributed by atoms with E-state index >= 15 is 0 Å². The zero-order valence-corrected chi connectivity index (χ0v) is 14.3. The number of hydrogen-bond acceptors (Lipinski definition) is 4. The van der Waals surface area contributed by atoms with Crippen molar-refractivity contribution in [3.63, 3.8) is 0 Å². The highest BCUT2D eigenvalue weighted by Crippen LogP contribution is 2.36. The molecule has 0 radical (unpaired) electrons. The predicted molar refractivity (Wildman–Crippen MR) is 89.5 cm³/mol. The Kier molecular flexibility index (Phi) is 5.37. The van der Waals surface area contributed by atoms with Crippen molar-refractivity contribution in [2.45, 2.75) is 40.2 Å². The summed E-state index contributed by atoms with van der Waals surface area (Å²) in [6, 6.07) is 4.49. The minimum atomic E-state index is 0.145. The Balaban J connectivity index is 2.51. The first-order valence-corrected chi connectivity index (χ1v) is 8.25. The van der Waals surface area contributed by atoms with Crippen molar-refractivity contribution >= 4 is 11.3 Å². The van der Waals surface area contributed by atoms with Crippen molar-refractivity contribution in [2.24, 2.45) is 0 Å². The van der Waals surface area contributed by atoms with Crippen LogP contribution < -0.4 is 10.1 Å². The van der Waals surface area contributed by atoms with Crippen molar-refractivity contribution in [2.75, 3.05) is 13.7 Å². The monoisotopic (exact) mass is 304 g/mol. The van der Waals surface area contributed by atoms with Crippen molar-refractivity contribution < 1.29 is 4.74 Å². The van der Waals surface area contributed by atoms with Crippen molar-refractivity contribution in [1.29, 1.82) is 0 Å². The average Bonchev–Trinajstić information content (AvgIpc) is 2.89. The fourth-order valence-electron chi connectivity index (χ4n) is 2.53. The molecule has 1 aromatic heterocycles. The highest BCUT2D eigenvalue weighted by molar-refractivity contribution is 7.09. The highest BCUT2D eigenvalue weighted by atomic mass is 32.1. The molecule has 2 rings (SSSR count). The number of methoxy groups -OCH3 is 1. The number of aromatic nitrogens is 1. The van der Waals surface area contributed by atoms with Crippen LogP contribution in [-0.2, 0) is 0 Å². The minimum absolute atomic E-state index is 0.145. The van der Waals surface area contributed by atoms with Gasteiger partial charge in [0.25, 0.3) is 0 Å². The third kappa shape index (κ3) is 3.27. The van der Waals surface area contributed by atoms with Gasteiger partial charge in [0.05, 0.1) is 24.4 Å². The van der Waals surface area contributed by atoms with Gasteiger partial charge in [0.15, 0.2) is 0 Å². The fraction of sp³-hybridized carbons (Fsp3) is 0.471. The molecule has 1 N–H and O–H groups in total. The van der Waals surface area contributed by atoms with Gasteiger partial charge in [-0.2, -0.15) is 0 Å². The lowest BCUT2D eigenvalue weighted by Gasteiger charge is -2.22. The molecule has 1 aromatic carbocycles. The number of benzene rings is 1. The second-order valence-corrected chi connectivity index (χ2v) is 6.21. The average molecular weight is 304 g/mol. The number of ether oxygens (including phenoxy) is 1. The SMILES string of the molecule is CCCNC(c1ccc(C)c(C)c1OC)c1scnc1C. The van der Waals surface area contributed by atoms with Crippen molar-refractivity contribution in [3.8, 4) is 5.75 Å². The summed E-state index contributed by atoms with van der Waals surface area (Å²) < 4.78 is 5.70. The molecule has 0 aliphatic rings. The van der Waals surface area contributed by atoms with E-state index in [2.05, 4.69) is 50.1 Å². The standard InChI is InChI=1S/C17H24N2OS/c1-6-9-18-15(17-13(4)19-10-21-17)14-8-7-11(2)12(3)16(14)20-5/h7-8,10,15,18H,6,9H2,1-5H3. The Morgan fingerprint density at radius 2 is 2.05 bits per heavy atom. The van der Waals surface area contributed by atoms with Crippen molar-refractivity contribution in [3.05, 3.63) is 44.9 Å². The Labute approximate surface area is 131 Å². The van der Waals surface area contributed by atoms with Gasteiger partial charge in [-0.15, -0.1) is 11.3 Å². The van der Waals surface area contributed by atoms with E-state index in [9.17, 15) is 0 Å². The maximum absolute atomic E-state index is 5.70. The molecule has 0 spiro atoms. The number of rotatable bonds is 6. The molecule has 21 heavy (non-hydrogen) atoms. The Hall–Kier alpha value is -1.39. The second kappa shape index (κ2) is 7.05. The van der Waals surface area contributed by atoms with Crippen LogP contribution in [-0.4, -0.2) is 18.6 Å². The van der Waals surface area contributed by atoms with Gasteiger partial charge in [0.1, 0.15) is 5.75 Å². The lowest BCUT2D eigenvalue weighted by Crippen LogP contribution is -2.24. The maximum atomic E-state index is 5.70. The Morgan fingerprint density at radius 3 is 2.62 bits per heavy atom. The zero-order valence-electron chi connectivity index (χ0n) is 13.5. The van der Waals surface area contributed by atoms with Crippen LogP contribution in [0.2, 0.25) is 0 Å². The van der Waals surface area contributed by atoms with Gasteiger partial charge in [-0.25, -0.2) is 4.98 Å². The molecule has 0 bridgehead atoms. The molecule has 3 nitrogen and oxygen atoms in total. The summed E-state index contributed by atoms with van der Waals surface area (Å²) in [6.07, 6.45) is 1.10. The largest absolute Gasteiger partial charge is 0.496 e. The fourth-order valence-corrected chi connectivity index (χ4v) is 3.42. The van der Waals surface area contributed by atoms with E-state index in [0.717, 1.165) is 24.4 Å². The quantitative estimate of drug-likeness (QED) is 0.870. The molecule has 0 aliphatic heterocycles. The Bertz CT molecular complexity index is 607. The summed E-state index contributed by atoms with van der Waals surface area (Å²) in [5.41, 5.74) is 6.67. The van der Waals surface area contributed by atoms with Gasteiger partial charge < -0.3 is 10.1 Å². The number of nitrogens with zero attached hydrogens (tertiary/aromatic N) is 1. The van der Waals surface area contributed by atoms with E-state index in [1.165, 1.54) is 21.6 Å². The van der Waals surface area contributed by atoms with Crippen LogP contribution in [0.1, 0.15) is 46.6 Å². The maximum Gasteiger partial charge on any atom is 0.127 e. The lowest BCUT2D eigenvalue weighted by atomic mass is 9.97. The summed E-state index contributed by atoms with van der Waals surface area (Å²) in [4.78, 5) is 5.67. The molecule has 0 saturated heterocycles. The van der Waals surface area contributed by atoms with Gasteiger partial charge in [0.2, 0.25) is 0 Å². The van der Waals surface area contributed by atoms with Crippen molar-refractivity contribution in [1.82, 2.24) is 10.3 Å². The lowest BCUT2D eigenvalue weighted by molar-refractivity contribution is 0.400. The minimum Gasteiger partial charge on any atom is -0.496 e. The van der Waals surface area contributed by atoms with Gasteiger partial charge in [-0.1, -0.05) is 19.1 Å². The number of hydrogen-bond donors (Lipinski definition) is 1. The Morgan fingerprint density at radius 1 is 1.29 bits per heavy atom. The summed E-state index contributed by atoms with van der Waals surface area (Å²) in [5, 5.41) is 3.64. The summed E-state index contributed by atoms with van der Waals surface area (Å²) in [5.74, 6) is 0.983. The van der Waals surface area contributed by atoms with Crippen LogP contribution >= 0.6 is 11.3 Å². The van der Waals surface area contributed by atoms with E-state index in [1.807, 2.05) is 5.51 Å². The van der Waals surface area contributed by atoms with E-state index in [0.29, 0.717) is 0 Å². The molecule has 4 heteroatoms. The highest BCUT2D eigenvalue weighted by Gasteiger charge is 2.22. The van der Waals surface area contributed by atoms with Crippen LogP contribution in [0.4, 0.5) is 0 Å². The summed E-state index contributed by atoms with van der Waals surface area (Å²) in [7, 11) is 1.75. The smallest absolute Gasteiger partial charge is 0.127 e. The summed E-state index contributed by atoms with van der Waals surface area (Å²) >= 11 is 1.70. The molecule has 1 atom stereocenters. The van der Waals surface area contributed by atoms with E-state index in [4.69, 9.17) is 4.74 Å². The van der Waals surface area contributed by atoms with Gasteiger partial charge in [0, 0.05) is 10.4 Å². The number of thiazole rings is 1. The molecule has 0 fully saturated rings. The molecular weight excluding hydrogens is 280 g/mol. The van der Waals surface area contributed by atoms with E-state index in [-0.39, 0.29) is 6.04 Å². The molecule has 1 heterocycles. The molecule has 0 saturated carbocycles. The second-order valence-electron chi connectivity index (χ2n) is 5.32.